The van der Waals surface area contributed by atoms with Crippen LogP contribution in [0.1, 0.15) is 55.8 Å². The van der Waals surface area contributed by atoms with Crippen LogP contribution >= 0.6 is 12.4 Å². The van der Waals surface area contributed by atoms with E-state index in [1.165, 1.54) is 62.8 Å². The third-order valence-electron chi connectivity index (χ3n) is 4.77. The zero-order chi connectivity index (χ0) is 19.6. The molecule has 1 aliphatic carbocycles. The highest BCUT2D eigenvalue weighted by Crippen LogP contribution is 2.16. The monoisotopic (exact) mass is 412 g/mol. The van der Waals surface area contributed by atoms with Gasteiger partial charge in [0.05, 0.1) is 4.92 Å². The number of hydrogen-bond donors (Lipinski definition) is 3. The number of nitro benzene ring substituents is 1. The molecule has 1 saturated carbocycles. The summed E-state index contributed by atoms with van der Waals surface area (Å²) in [6.45, 7) is 2.78. The van der Waals surface area contributed by atoms with Gasteiger partial charge in [0, 0.05) is 36.8 Å². The highest BCUT2D eigenvalue weighted by atomic mass is 35.5. The number of rotatable bonds is 8. The van der Waals surface area contributed by atoms with Crippen LogP contribution in [0.4, 0.5) is 5.69 Å². The van der Waals surface area contributed by atoms with Crippen molar-refractivity contribution in [3.05, 3.63) is 39.9 Å². The number of carbonyl (C=O) groups excluding carboxylic acids is 2. The van der Waals surface area contributed by atoms with Gasteiger partial charge in [-0.25, -0.2) is 0 Å². The Morgan fingerprint density at radius 3 is 2.50 bits per heavy atom. The quantitative estimate of drug-likeness (QED) is 0.263. The van der Waals surface area contributed by atoms with Crippen LogP contribution in [0.2, 0.25) is 0 Å². The predicted molar refractivity (Wildman–Crippen MR) is 110 cm³/mol. The summed E-state index contributed by atoms with van der Waals surface area (Å²) in [7, 11) is 0. The maximum absolute atomic E-state index is 12.2. The van der Waals surface area contributed by atoms with Gasteiger partial charge in [-0.1, -0.05) is 31.7 Å². The van der Waals surface area contributed by atoms with Crippen molar-refractivity contribution < 1.29 is 14.5 Å². The lowest BCUT2D eigenvalue weighted by Crippen LogP contribution is -2.46. The molecule has 2 amide bonds. The summed E-state index contributed by atoms with van der Waals surface area (Å²) in [5, 5.41) is 19.6. The fraction of sp³-hybridized carbons (Fsp3) is 0.579. The van der Waals surface area contributed by atoms with Crippen molar-refractivity contribution in [2.24, 2.45) is 0 Å². The Hall–Kier alpha value is -2.19. The molecule has 9 heteroatoms. The fourth-order valence-electron chi connectivity index (χ4n) is 3.20. The lowest BCUT2D eigenvalue weighted by molar-refractivity contribution is -0.384. The summed E-state index contributed by atoms with van der Waals surface area (Å²) in [6, 6.07) is 5.22. The van der Waals surface area contributed by atoms with E-state index in [0.717, 1.165) is 0 Å². The maximum atomic E-state index is 12.2. The van der Waals surface area contributed by atoms with Gasteiger partial charge in [0.25, 0.3) is 11.6 Å². The van der Waals surface area contributed by atoms with Crippen LogP contribution in [0.15, 0.2) is 24.3 Å². The molecule has 0 bridgehead atoms. The van der Waals surface area contributed by atoms with Gasteiger partial charge in [-0.3, -0.25) is 19.7 Å². The molecular formula is C19H29ClN4O4. The lowest BCUT2D eigenvalue weighted by Gasteiger charge is -2.17. The average molecular weight is 413 g/mol. The Morgan fingerprint density at radius 1 is 1.18 bits per heavy atom. The Bertz CT molecular complexity index is 663. The second kappa shape index (κ2) is 12.3. The molecule has 0 saturated heterocycles. The minimum Gasteiger partial charge on any atom is -0.353 e. The molecule has 2 rings (SSSR count). The first kappa shape index (κ1) is 23.8. The van der Waals surface area contributed by atoms with Crippen LogP contribution in [0.5, 0.6) is 0 Å². The van der Waals surface area contributed by atoms with Crippen LogP contribution in [0.3, 0.4) is 0 Å². The minimum atomic E-state index is -0.727. The third kappa shape index (κ3) is 7.82. The standard InChI is InChI=1S/C19H28N4O4.ClH/c1-14(22-19(25)15-7-6-10-17(13-15)23(26)27)18(24)21-12-11-20-16-8-4-2-3-5-9-16;/h6-7,10,13-14,16,20H,2-5,8-9,11-12H2,1H3,(H,21,24)(H,22,25);1H. The van der Waals surface area contributed by atoms with Gasteiger partial charge in [-0.15, -0.1) is 12.4 Å². The summed E-state index contributed by atoms with van der Waals surface area (Å²) in [5.74, 6) is -0.797. The summed E-state index contributed by atoms with van der Waals surface area (Å²) in [6.07, 6.45) is 7.48. The molecule has 0 spiro atoms. The minimum absolute atomic E-state index is 0. The van der Waals surface area contributed by atoms with Crippen molar-refractivity contribution in [1.82, 2.24) is 16.0 Å². The number of nitrogens with zero attached hydrogens (tertiary/aromatic N) is 1. The normalized spacial score (nSPS) is 15.6. The molecule has 1 atom stereocenters. The van der Waals surface area contributed by atoms with Crippen molar-refractivity contribution in [2.75, 3.05) is 13.1 Å². The van der Waals surface area contributed by atoms with E-state index in [-0.39, 0.29) is 29.6 Å². The zero-order valence-corrected chi connectivity index (χ0v) is 16.9. The fourth-order valence-corrected chi connectivity index (χ4v) is 3.20. The molecular weight excluding hydrogens is 384 g/mol. The van der Waals surface area contributed by atoms with E-state index < -0.39 is 16.9 Å². The van der Waals surface area contributed by atoms with Gasteiger partial charge in [0.15, 0.2) is 0 Å². The summed E-state index contributed by atoms with van der Waals surface area (Å²) in [4.78, 5) is 34.5. The van der Waals surface area contributed by atoms with E-state index in [2.05, 4.69) is 16.0 Å². The number of nitro groups is 1. The molecule has 8 nitrogen and oxygen atoms in total. The second-order valence-corrected chi connectivity index (χ2v) is 6.94. The number of amides is 2. The van der Waals surface area contributed by atoms with E-state index >= 15 is 0 Å². The number of hydrogen-bond acceptors (Lipinski definition) is 5. The van der Waals surface area contributed by atoms with Crippen LogP contribution in [-0.4, -0.2) is 41.9 Å². The highest BCUT2D eigenvalue weighted by molar-refractivity contribution is 5.97. The summed E-state index contributed by atoms with van der Waals surface area (Å²) < 4.78 is 0. The Labute approximate surface area is 171 Å². The van der Waals surface area contributed by atoms with Crippen LogP contribution in [0, 0.1) is 10.1 Å². The first-order chi connectivity index (χ1) is 13.0. The van der Waals surface area contributed by atoms with E-state index in [9.17, 15) is 19.7 Å². The van der Waals surface area contributed by atoms with Crippen LogP contribution in [-0.2, 0) is 4.79 Å². The first-order valence-corrected chi connectivity index (χ1v) is 9.54. The number of nitrogens with one attached hydrogen (secondary N) is 3. The molecule has 1 aliphatic rings. The number of carbonyl (C=O) groups is 2. The molecule has 0 radical (unpaired) electrons. The van der Waals surface area contributed by atoms with Gasteiger partial charge in [0.2, 0.25) is 5.91 Å². The Balaban J connectivity index is 0.00000392. The van der Waals surface area contributed by atoms with Crippen molar-refractivity contribution in [1.29, 1.82) is 0 Å². The molecule has 156 valence electrons. The molecule has 1 aromatic carbocycles. The molecule has 1 unspecified atom stereocenters. The highest BCUT2D eigenvalue weighted by Gasteiger charge is 2.18. The SMILES string of the molecule is CC(NC(=O)c1cccc([N+](=O)[O-])c1)C(=O)NCCNC1CCCCCC1.Cl. The third-order valence-corrected chi connectivity index (χ3v) is 4.77. The average Bonchev–Trinajstić information content (AvgIpc) is 2.93. The number of halogens is 1. The molecule has 0 aromatic heterocycles. The van der Waals surface area contributed by atoms with Crippen molar-refractivity contribution in [3.8, 4) is 0 Å². The smallest absolute Gasteiger partial charge is 0.270 e. The lowest BCUT2D eigenvalue weighted by atomic mass is 10.1. The van der Waals surface area contributed by atoms with Crippen LogP contribution < -0.4 is 16.0 Å². The Kier molecular flexibility index (Phi) is 10.5. The number of benzene rings is 1. The molecule has 1 fully saturated rings. The molecule has 0 aliphatic heterocycles. The second-order valence-electron chi connectivity index (χ2n) is 6.94. The van der Waals surface area contributed by atoms with Crippen LogP contribution in [0.25, 0.3) is 0 Å². The zero-order valence-electron chi connectivity index (χ0n) is 16.1. The van der Waals surface area contributed by atoms with Crippen molar-refractivity contribution >= 4 is 29.9 Å². The first-order valence-electron chi connectivity index (χ1n) is 9.54. The van der Waals surface area contributed by atoms with E-state index in [0.29, 0.717) is 19.1 Å². The van der Waals surface area contributed by atoms with Gasteiger partial charge < -0.3 is 16.0 Å². The number of non-ortho nitro benzene ring substituents is 1. The van der Waals surface area contributed by atoms with Crippen molar-refractivity contribution in [3.63, 3.8) is 0 Å². The molecule has 0 heterocycles. The largest absolute Gasteiger partial charge is 0.353 e. The van der Waals surface area contributed by atoms with E-state index in [1.54, 1.807) is 6.92 Å². The maximum Gasteiger partial charge on any atom is 0.270 e. The molecule has 3 N–H and O–H groups in total. The predicted octanol–water partition coefficient (Wildman–Crippen LogP) is 2.56. The van der Waals surface area contributed by atoms with Gasteiger partial charge in [-0.2, -0.15) is 0 Å². The van der Waals surface area contributed by atoms with Gasteiger partial charge in [0.1, 0.15) is 6.04 Å². The summed E-state index contributed by atoms with van der Waals surface area (Å²) in [5.41, 5.74) is -0.0109. The van der Waals surface area contributed by atoms with E-state index in [1.807, 2.05) is 0 Å². The van der Waals surface area contributed by atoms with E-state index in [4.69, 9.17) is 0 Å². The topological polar surface area (TPSA) is 113 Å². The van der Waals surface area contributed by atoms with Gasteiger partial charge >= 0.3 is 0 Å². The molecule has 1 aromatic rings. The summed E-state index contributed by atoms with van der Waals surface area (Å²) >= 11 is 0. The van der Waals surface area contributed by atoms with Crippen molar-refractivity contribution in [2.45, 2.75) is 57.5 Å². The van der Waals surface area contributed by atoms with Gasteiger partial charge in [-0.05, 0) is 25.8 Å². The molecule has 28 heavy (non-hydrogen) atoms. The Morgan fingerprint density at radius 2 is 1.86 bits per heavy atom.